The second kappa shape index (κ2) is 10.9. The Bertz CT molecular complexity index is 1510. The van der Waals surface area contributed by atoms with Gasteiger partial charge in [-0.25, -0.2) is 4.79 Å². The van der Waals surface area contributed by atoms with E-state index in [1.165, 1.54) is 6.92 Å². The number of hydrogen-bond acceptors (Lipinski definition) is 5. The smallest absolute Gasteiger partial charge is 0.329 e. The molecule has 0 N–H and O–H groups in total. The van der Waals surface area contributed by atoms with E-state index in [1.54, 1.807) is 13.0 Å². The monoisotopic (exact) mass is 522 g/mol. The van der Waals surface area contributed by atoms with Crippen LogP contribution in [-0.4, -0.2) is 39.2 Å². The van der Waals surface area contributed by atoms with Crippen LogP contribution in [0.4, 0.5) is 4.79 Å². The predicted molar refractivity (Wildman–Crippen MR) is 151 cm³/mol. The van der Waals surface area contributed by atoms with Crippen molar-refractivity contribution in [2.24, 2.45) is 0 Å². The molecule has 1 aromatic heterocycles. The molecular weight excluding hydrogens is 496 g/mol. The Morgan fingerprint density at radius 1 is 0.895 bits per heavy atom. The highest BCUT2D eigenvalue weighted by Crippen LogP contribution is 2.40. The number of para-hydroxylation sites is 1. The zero-order valence-corrected chi connectivity index (χ0v) is 21.9. The number of carbonyl (C=O) groups excluding carboxylic acids is 3. The summed E-state index contributed by atoms with van der Waals surface area (Å²) in [5.41, 5.74) is 5.56. The Kier molecular flexibility index (Phi) is 7.29. The largest absolute Gasteiger partial charge is 0.464 e. The molecule has 1 aliphatic heterocycles. The van der Waals surface area contributed by atoms with Gasteiger partial charge in [-0.15, -0.1) is 0 Å². The van der Waals surface area contributed by atoms with Gasteiger partial charge in [0.05, 0.1) is 22.9 Å². The number of imide groups is 1. The maximum Gasteiger partial charge on any atom is 0.329 e. The van der Waals surface area contributed by atoms with E-state index in [0.717, 1.165) is 50.4 Å². The van der Waals surface area contributed by atoms with E-state index in [-0.39, 0.29) is 11.5 Å². The third-order valence-electron chi connectivity index (χ3n) is 6.29. The van der Waals surface area contributed by atoms with Gasteiger partial charge in [0, 0.05) is 11.3 Å². The summed E-state index contributed by atoms with van der Waals surface area (Å²) in [6.07, 6.45) is 1.75. The van der Waals surface area contributed by atoms with Crippen LogP contribution in [0.25, 0.3) is 34.3 Å². The molecule has 1 aliphatic rings. The van der Waals surface area contributed by atoms with Crippen LogP contribution >= 0.6 is 11.8 Å². The molecule has 0 spiro atoms. The minimum absolute atomic E-state index is 0.172. The molecule has 190 valence electrons. The first-order valence-electron chi connectivity index (χ1n) is 12.3. The summed E-state index contributed by atoms with van der Waals surface area (Å²) in [6.45, 7) is 3.36. The SMILES string of the molecule is CCOC(=O)[C@@H](C)N1C(=O)S/C(=C\c2cc(-c3ccccc3)n(-c3ccccc3)c2-c2ccccc2)C1=O. The summed E-state index contributed by atoms with van der Waals surface area (Å²) >= 11 is 0.833. The minimum atomic E-state index is -1.00. The number of rotatable bonds is 7. The lowest BCUT2D eigenvalue weighted by atomic mass is 10.1. The van der Waals surface area contributed by atoms with Crippen molar-refractivity contribution < 1.29 is 19.1 Å². The minimum Gasteiger partial charge on any atom is -0.464 e. The summed E-state index contributed by atoms with van der Waals surface area (Å²) in [7, 11) is 0. The molecule has 1 fully saturated rings. The highest BCUT2D eigenvalue weighted by Gasteiger charge is 2.41. The molecule has 4 aromatic rings. The maximum absolute atomic E-state index is 13.4. The summed E-state index contributed by atoms with van der Waals surface area (Å²) in [5.74, 6) is -1.11. The van der Waals surface area contributed by atoms with Crippen molar-refractivity contribution >= 4 is 35.0 Å². The Labute approximate surface area is 225 Å². The molecule has 5 rings (SSSR count). The van der Waals surface area contributed by atoms with Crippen LogP contribution in [0.2, 0.25) is 0 Å². The van der Waals surface area contributed by atoms with Gasteiger partial charge in [-0.05, 0) is 61.0 Å². The first kappa shape index (κ1) is 25.3. The molecule has 1 atom stereocenters. The highest BCUT2D eigenvalue weighted by molar-refractivity contribution is 8.18. The van der Waals surface area contributed by atoms with E-state index in [1.807, 2.05) is 97.1 Å². The number of amides is 2. The molecule has 6 nitrogen and oxygen atoms in total. The number of esters is 1. The van der Waals surface area contributed by atoms with Crippen LogP contribution in [0.3, 0.4) is 0 Å². The Balaban J connectivity index is 1.69. The molecule has 2 heterocycles. The average molecular weight is 523 g/mol. The van der Waals surface area contributed by atoms with Crippen LogP contribution in [0.5, 0.6) is 0 Å². The molecule has 0 radical (unpaired) electrons. The number of thioether (sulfide) groups is 1. The number of carbonyl (C=O) groups is 3. The topological polar surface area (TPSA) is 68.6 Å². The molecule has 2 amide bonds. The van der Waals surface area contributed by atoms with Crippen molar-refractivity contribution in [3.05, 3.63) is 108 Å². The van der Waals surface area contributed by atoms with E-state index in [2.05, 4.69) is 4.57 Å². The summed E-state index contributed by atoms with van der Waals surface area (Å²) in [4.78, 5) is 39.7. The number of aromatic nitrogens is 1. The molecule has 1 saturated heterocycles. The number of hydrogen-bond donors (Lipinski definition) is 0. The molecule has 0 bridgehead atoms. The predicted octanol–water partition coefficient (Wildman–Crippen LogP) is 6.80. The molecule has 0 saturated carbocycles. The normalized spacial score (nSPS) is 15.2. The standard InChI is InChI=1S/C31H26N2O4S/c1-3-37-30(35)21(2)32-29(34)27(38-31(32)36)20-24-19-26(22-13-7-4-8-14-22)33(25-17-11-6-12-18-25)28(24)23-15-9-5-10-16-23/h4-21H,3H2,1-2H3/b27-20-/t21-/m1/s1. The first-order valence-corrected chi connectivity index (χ1v) is 13.2. The lowest BCUT2D eigenvalue weighted by Gasteiger charge is -2.19. The van der Waals surface area contributed by atoms with E-state index in [4.69, 9.17) is 4.74 Å². The molecule has 0 unspecified atom stereocenters. The zero-order valence-electron chi connectivity index (χ0n) is 21.0. The van der Waals surface area contributed by atoms with Gasteiger partial charge in [-0.3, -0.25) is 14.5 Å². The highest BCUT2D eigenvalue weighted by atomic mass is 32.2. The van der Waals surface area contributed by atoms with Crippen molar-refractivity contribution in [1.29, 1.82) is 0 Å². The van der Waals surface area contributed by atoms with Crippen molar-refractivity contribution in [3.63, 3.8) is 0 Å². The maximum atomic E-state index is 13.4. The van der Waals surface area contributed by atoms with Gasteiger partial charge in [-0.2, -0.15) is 0 Å². The van der Waals surface area contributed by atoms with Crippen LogP contribution in [0.1, 0.15) is 19.4 Å². The average Bonchev–Trinajstić information content (AvgIpc) is 3.46. The first-order chi connectivity index (χ1) is 18.5. The number of nitrogens with zero attached hydrogens (tertiary/aromatic N) is 2. The number of benzene rings is 3. The van der Waals surface area contributed by atoms with Gasteiger partial charge in [0.2, 0.25) is 0 Å². The molecule has 7 heteroatoms. The second-order valence-electron chi connectivity index (χ2n) is 8.72. The van der Waals surface area contributed by atoms with Gasteiger partial charge >= 0.3 is 5.97 Å². The van der Waals surface area contributed by atoms with E-state index < -0.39 is 23.2 Å². The van der Waals surface area contributed by atoms with Crippen molar-refractivity contribution in [2.45, 2.75) is 19.9 Å². The van der Waals surface area contributed by atoms with E-state index >= 15 is 0 Å². The Morgan fingerprint density at radius 3 is 2.08 bits per heavy atom. The van der Waals surface area contributed by atoms with E-state index in [0.29, 0.717) is 0 Å². The van der Waals surface area contributed by atoms with Crippen molar-refractivity contribution in [2.75, 3.05) is 6.61 Å². The molecular formula is C31H26N2O4S. The Hall–Kier alpha value is -4.36. The van der Waals surface area contributed by atoms with Gasteiger partial charge in [0.25, 0.3) is 11.1 Å². The zero-order chi connectivity index (χ0) is 26.6. The molecule has 0 aliphatic carbocycles. The van der Waals surface area contributed by atoms with Gasteiger partial charge < -0.3 is 9.30 Å². The van der Waals surface area contributed by atoms with Crippen molar-refractivity contribution in [3.8, 4) is 28.2 Å². The quantitative estimate of drug-likeness (QED) is 0.197. The van der Waals surface area contributed by atoms with Gasteiger partial charge in [0.1, 0.15) is 6.04 Å². The third kappa shape index (κ3) is 4.80. The lowest BCUT2D eigenvalue weighted by Crippen LogP contribution is -2.42. The molecule has 38 heavy (non-hydrogen) atoms. The number of ether oxygens (including phenoxy) is 1. The lowest BCUT2D eigenvalue weighted by molar-refractivity contribution is -0.150. The summed E-state index contributed by atoms with van der Waals surface area (Å²) in [6, 6.07) is 31.0. The summed E-state index contributed by atoms with van der Waals surface area (Å²) < 4.78 is 7.21. The molecule has 3 aromatic carbocycles. The van der Waals surface area contributed by atoms with Crippen LogP contribution in [0.15, 0.2) is 102 Å². The van der Waals surface area contributed by atoms with Crippen LogP contribution in [0, 0.1) is 0 Å². The fourth-order valence-corrected chi connectivity index (χ4v) is 5.42. The summed E-state index contributed by atoms with van der Waals surface area (Å²) in [5, 5.41) is -0.492. The van der Waals surface area contributed by atoms with Crippen LogP contribution < -0.4 is 0 Å². The van der Waals surface area contributed by atoms with Gasteiger partial charge in [-0.1, -0.05) is 78.9 Å². The van der Waals surface area contributed by atoms with E-state index in [9.17, 15) is 14.4 Å². The fourth-order valence-electron chi connectivity index (χ4n) is 4.52. The third-order valence-corrected chi connectivity index (χ3v) is 7.17. The Morgan fingerprint density at radius 2 is 1.47 bits per heavy atom. The van der Waals surface area contributed by atoms with Crippen LogP contribution in [-0.2, 0) is 14.3 Å². The van der Waals surface area contributed by atoms with Gasteiger partial charge in [0.15, 0.2) is 0 Å². The fraction of sp³-hybridized carbons (Fsp3) is 0.129. The van der Waals surface area contributed by atoms with Crippen molar-refractivity contribution in [1.82, 2.24) is 9.47 Å². The second-order valence-corrected chi connectivity index (χ2v) is 9.71.